The van der Waals surface area contributed by atoms with Crippen molar-refractivity contribution in [2.45, 2.75) is 34.1 Å². The van der Waals surface area contributed by atoms with Crippen LogP contribution >= 0.6 is 36.2 Å². The predicted molar refractivity (Wildman–Crippen MR) is 67.1 cm³/mol. The molecule has 0 saturated carbocycles. The first kappa shape index (κ1) is 12.5. The molecule has 0 aromatic carbocycles. The minimum Gasteiger partial charge on any atom is -0.0767 e. The molecule has 0 N–H and O–H groups in total. The molecule has 0 aliphatic rings. The van der Waals surface area contributed by atoms with Crippen LogP contribution in [0.25, 0.3) is 0 Å². The van der Waals surface area contributed by atoms with Gasteiger partial charge in [0.05, 0.1) is 8.39 Å². The molecule has 0 amide bonds. The highest BCUT2D eigenvalue weighted by Gasteiger charge is 2.11. The van der Waals surface area contributed by atoms with Crippen LogP contribution in [-0.2, 0) is 0 Å². The third-order valence-corrected chi connectivity index (χ3v) is 4.34. The quantitative estimate of drug-likeness (QED) is 0.658. The van der Waals surface area contributed by atoms with Gasteiger partial charge in [0.2, 0.25) is 0 Å². The van der Waals surface area contributed by atoms with E-state index in [1.807, 2.05) is 0 Å². The third-order valence-electron chi connectivity index (χ3n) is 1.69. The summed E-state index contributed by atoms with van der Waals surface area (Å²) in [6.45, 7) is 8.51. The van der Waals surface area contributed by atoms with Crippen molar-refractivity contribution in [3.8, 4) is 0 Å². The summed E-state index contributed by atoms with van der Waals surface area (Å²) < 4.78 is 2.05. The monoisotopic (exact) mass is 220 g/mol. The number of thiocarbonyl (C=S) groups is 2. The fourth-order valence-electron chi connectivity index (χ4n) is 0.484. The first-order chi connectivity index (χ1) is 5.49. The van der Waals surface area contributed by atoms with E-state index < -0.39 is 0 Å². The summed E-state index contributed by atoms with van der Waals surface area (Å²) in [5.41, 5.74) is 0. The van der Waals surface area contributed by atoms with E-state index >= 15 is 0 Å². The lowest BCUT2D eigenvalue weighted by atomic mass is 10.2. The van der Waals surface area contributed by atoms with Gasteiger partial charge in [-0.25, -0.2) is 0 Å². The molecule has 3 heteroatoms. The van der Waals surface area contributed by atoms with E-state index in [1.54, 1.807) is 11.8 Å². The Balaban J connectivity index is 3.93. The second-order valence-electron chi connectivity index (χ2n) is 3.20. The highest BCUT2D eigenvalue weighted by molar-refractivity contribution is 8.38. The first-order valence-corrected chi connectivity index (χ1v) is 5.87. The van der Waals surface area contributed by atoms with Crippen molar-refractivity contribution in [1.29, 1.82) is 0 Å². The van der Waals surface area contributed by atoms with Crippen LogP contribution in [0.1, 0.15) is 34.1 Å². The Kier molecular flexibility index (Phi) is 6.32. The summed E-state index contributed by atoms with van der Waals surface area (Å²) in [6, 6.07) is 0. The van der Waals surface area contributed by atoms with Gasteiger partial charge in [0.1, 0.15) is 0 Å². The van der Waals surface area contributed by atoms with Gasteiger partial charge in [-0.1, -0.05) is 63.9 Å². The summed E-state index contributed by atoms with van der Waals surface area (Å²) in [6.07, 6.45) is 1.10. The zero-order chi connectivity index (χ0) is 9.72. The molecule has 0 saturated heterocycles. The molecule has 0 aromatic heterocycles. The standard InChI is InChI=1S/C9H16S3/c1-5-7(4)9(11)12-8(10)6(2)3/h6-7H,5H2,1-4H3. The fourth-order valence-corrected chi connectivity index (χ4v) is 2.15. The maximum absolute atomic E-state index is 5.25. The van der Waals surface area contributed by atoms with E-state index in [0.717, 1.165) is 14.8 Å². The zero-order valence-corrected chi connectivity index (χ0v) is 10.5. The van der Waals surface area contributed by atoms with Crippen LogP contribution in [0.4, 0.5) is 0 Å². The molecule has 0 heterocycles. The summed E-state index contributed by atoms with van der Waals surface area (Å²) in [5, 5.41) is 0. The Hall–Kier alpha value is 0.530. The minimum atomic E-state index is 0.451. The van der Waals surface area contributed by atoms with Gasteiger partial charge < -0.3 is 0 Å². The van der Waals surface area contributed by atoms with Crippen LogP contribution in [0.15, 0.2) is 0 Å². The van der Waals surface area contributed by atoms with Crippen molar-refractivity contribution in [2.75, 3.05) is 0 Å². The highest BCUT2D eigenvalue weighted by Crippen LogP contribution is 2.21. The predicted octanol–water partition coefficient (Wildman–Crippen LogP) is 4.08. The normalized spacial score (nSPS) is 13.1. The molecule has 0 aliphatic carbocycles. The van der Waals surface area contributed by atoms with E-state index in [-0.39, 0.29) is 0 Å². The van der Waals surface area contributed by atoms with E-state index in [9.17, 15) is 0 Å². The average Bonchev–Trinajstić information content (AvgIpc) is 2.02. The van der Waals surface area contributed by atoms with Crippen LogP contribution in [0.2, 0.25) is 0 Å². The zero-order valence-electron chi connectivity index (χ0n) is 8.09. The van der Waals surface area contributed by atoms with Crippen LogP contribution in [0, 0.1) is 11.8 Å². The molecule has 0 radical (unpaired) electrons. The lowest BCUT2D eigenvalue weighted by Crippen LogP contribution is -2.08. The van der Waals surface area contributed by atoms with E-state index in [1.165, 1.54) is 0 Å². The van der Waals surface area contributed by atoms with Gasteiger partial charge >= 0.3 is 0 Å². The Morgan fingerprint density at radius 3 is 2.00 bits per heavy atom. The van der Waals surface area contributed by atoms with Gasteiger partial charge in [-0.05, 0) is 18.3 Å². The van der Waals surface area contributed by atoms with E-state index in [0.29, 0.717) is 11.8 Å². The van der Waals surface area contributed by atoms with Crippen molar-refractivity contribution < 1.29 is 0 Å². The molecule has 1 atom stereocenters. The number of hydrogen-bond donors (Lipinski definition) is 0. The van der Waals surface area contributed by atoms with Crippen LogP contribution in [0.5, 0.6) is 0 Å². The lowest BCUT2D eigenvalue weighted by Gasteiger charge is -2.11. The Morgan fingerprint density at radius 1 is 1.17 bits per heavy atom. The Bertz CT molecular complexity index is 173. The summed E-state index contributed by atoms with van der Waals surface area (Å²) in [4.78, 5) is 0. The van der Waals surface area contributed by atoms with Crippen molar-refractivity contribution in [2.24, 2.45) is 11.8 Å². The average molecular weight is 220 g/mol. The molecule has 0 aromatic rings. The molecule has 0 bridgehead atoms. The number of hydrogen-bond acceptors (Lipinski definition) is 3. The number of rotatable bonds is 3. The topological polar surface area (TPSA) is 0 Å². The maximum atomic E-state index is 5.25. The van der Waals surface area contributed by atoms with Crippen LogP contribution in [0.3, 0.4) is 0 Å². The van der Waals surface area contributed by atoms with Gasteiger partial charge in [0, 0.05) is 0 Å². The van der Waals surface area contributed by atoms with Crippen LogP contribution in [-0.4, -0.2) is 8.39 Å². The lowest BCUT2D eigenvalue weighted by molar-refractivity contribution is 0.759. The van der Waals surface area contributed by atoms with Gasteiger partial charge in [-0.2, -0.15) is 0 Å². The molecule has 0 fully saturated rings. The molecule has 1 unspecified atom stereocenters. The molecule has 0 spiro atoms. The van der Waals surface area contributed by atoms with Crippen molar-refractivity contribution >= 4 is 44.6 Å². The maximum Gasteiger partial charge on any atom is 0.0560 e. The summed E-state index contributed by atoms with van der Waals surface area (Å²) in [5.74, 6) is 0.953. The minimum absolute atomic E-state index is 0.451. The fraction of sp³-hybridized carbons (Fsp3) is 0.778. The second-order valence-corrected chi connectivity index (χ2v) is 5.68. The third kappa shape index (κ3) is 4.53. The molecule has 0 rings (SSSR count). The van der Waals surface area contributed by atoms with Crippen molar-refractivity contribution in [1.82, 2.24) is 0 Å². The largest absolute Gasteiger partial charge is 0.0767 e. The van der Waals surface area contributed by atoms with Crippen molar-refractivity contribution in [3.05, 3.63) is 0 Å². The molecule has 12 heavy (non-hydrogen) atoms. The summed E-state index contributed by atoms with van der Waals surface area (Å²) in [7, 11) is 0. The Morgan fingerprint density at radius 2 is 1.67 bits per heavy atom. The summed E-state index contributed by atoms with van der Waals surface area (Å²) >= 11 is 12.0. The molecule has 70 valence electrons. The Labute approximate surface area is 90.5 Å². The molecule has 0 nitrogen and oxygen atoms in total. The molecular formula is C9H16S3. The first-order valence-electron chi connectivity index (χ1n) is 4.24. The van der Waals surface area contributed by atoms with E-state index in [2.05, 4.69) is 27.7 Å². The molecule has 0 aliphatic heterocycles. The van der Waals surface area contributed by atoms with Crippen molar-refractivity contribution in [3.63, 3.8) is 0 Å². The van der Waals surface area contributed by atoms with E-state index in [4.69, 9.17) is 24.4 Å². The van der Waals surface area contributed by atoms with Gasteiger partial charge in [-0.3, -0.25) is 0 Å². The SMILES string of the molecule is CCC(C)C(=S)SC(=S)C(C)C. The van der Waals surface area contributed by atoms with Crippen LogP contribution < -0.4 is 0 Å². The second kappa shape index (κ2) is 6.06. The van der Waals surface area contributed by atoms with Gasteiger partial charge in [0.25, 0.3) is 0 Å². The van der Waals surface area contributed by atoms with Gasteiger partial charge in [0.15, 0.2) is 0 Å². The smallest absolute Gasteiger partial charge is 0.0560 e. The molecular weight excluding hydrogens is 204 g/mol. The highest BCUT2D eigenvalue weighted by atomic mass is 32.2. The van der Waals surface area contributed by atoms with Gasteiger partial charge in [-0.15, -0.1) is 0 Å². The number of thioether (sulfide) groups is 1.